The number of nitrogens with one attached hydrogen (secondary N) is 1. The van der Waals surface area contributed by atoms with Crippen molar-refractivity contribution in [1.29, 1.82) is 0 Å². The van der Waals surface area contributed by atoms with Crippen molar-refractivity contribution in [1.82, 2.24) is 29.6 Å². The van der Waals surface area contributed by atoms with E-state index >= 15 is 0 Å². The van der Waals surface area contributed by atoms with Crippen LogP contribution in [0.1, 0.15) is 57.1 Å². The first-order valence-corrected chi connectivity index (χ1v) is 14.0. The van der Waals surface area contributed by atoms with E-state index in [-0.39, 0.29) is 30.9 Å². The van der Waals surface area contributed by atoms with Crippen molar-refractivity contribution in [2.45, 2.75) is 71.8 Å². The van der Waals surface area contributed by atoms with Crippen LogP contribution in [-0.2, 0) is 30.4 Å². The van der Waals surface area contributed by atoms with Crippen molar-refractivity contribution < 1.29 is 22.7 Å². The highest BCUT2D eigenvalue weighted by Gasteiger charge is 2.40. The molecule has 0 aromatic carbocycles. The van der Waals surface area contributed by atoms with Gasteiger partial charge in [-0.05, 0) is 45.6 Å². The fourth-order valence-electron chi connectivity index (χ4n) is 4.92. The Morgan fingerprint density at radius 2 is 1.97 bits per heavy atom. The Morgan fingerprint density at radius 3 is 2.69 bits per heavy atom. The first-order valence-electron chi connectivity index (χ1n) is 13.2. The van der Waals surface area contributed by atoms with Crippen LogP contribution in [0.4, 0.5) is 29.7 Å². The molecular weight excluding hydrogens is 533 g/mol. The minimum Gasteiger partial charge on any atom is -0.444 e. The number of halogens is 3. The van der Waals surface area contributed by atoms with E-state index in [0.29, 0.717) is 37.9 Å². The van der Waals surface area contributed by atoms with Crippen LogP contribution in [0, 0.1) is 5.92 Å². The zero-order chi connectivity index (χ0) is 27.9. The van der Waals surface area contributed by atoms with Crippen LogP contribution in [0.2, 0.25) is 0 Å². The smallest absolute Gasteiger partial charge is 0.444 e. The van der Waals surface area contributed by atoms with E-state index in [0.717, 1.165) is 34.0 Å². The molecule has 1 saturated heterocycles. The maximum absolute atomic E-state index is 13.3. The van der Waals surface area contributed by atoms with Crippen molar-refractivity contribution in [2.75, 3.05) is 36.4 Å². The Labute approximate surface area is 228 Å². The Hall–Kier alpha value is -3.16. The zero-order valence-corrected chi connectivity index (χ0v) is 23.3. The standard InChI is InChI=1S/C25H33F3N8O2S/c1-5-6-16-11-17-19(34-9-10-36-18(14-34)32-33-21(36)25(26,27)28)30-22(31-20(17)39-16)29-12-15-7-8-35(13-15)23(37)38-24(2,3)4/h11,15H,5-10,12-14H2,1-4H3,(H,29,30,31). The summed E-state index contributed by atoms with van der Waals surface area (Å²) in [6, 6.07) is 2.08. The van der Waals surface area contributed by atoms with Gasteiger partial charge < -0.3 is 24.4 Å². The average molecular weight is 567 g/mol. The Bertz CT molecular complexity index is 1350. The Morgan fingerprint density at radius 1 is 1.18 bits per heavy atom. The molecule has 39 heavy (non-hydrogen) atoms. The van der Waals surface area contributed by atoms with Crippen molar-refractivity contribution >= 4 is 39.4 Å². The van der Waals surface area contributed by atoms with Gasteiger partial charge in [0.05, 0.1) is 11.9 Å². The van der Waals surface area contributed by atoms with Crippen LogP contribution >= 0.6 is 11.3 Å². The Balaban J connectivity index is 1.34. The lowest BCUT2D eigenvalue weighted by Gasteiger charge is -2.29. The third kappa shape index (κ3) is 6.04. The second kappa shape index (κ2) is 10.4. The number of amides is 1. The molecule has 1 atom stereocenters. The number of fused-ring (bicyclic) bond motifs is 2. The number of aryl methyl sites for hydroxylation is 1. The third-order valence-electron chi connectivity index (χ3n) is 6.71. The minimum absolute atomic E-state index is 0.111. The van der Waals surface area contributed by atoms with Crippen LogP contribution in [0.25, 0.3) is 10.2 Å². The molecule has 3 aromatic rings. The number of hydrogen-bond acceptors (Lipinski definition) is 9. The quantitative estimate of drug-likeness (QED) is 0.448. The maximum Gasteiger partial charge on any atom is 0.451 e. The van der Waals surface area contributed by atoms with Crippen molar-refractivity contribution in [3.63, 3.8) is 0 Å². The molecule has 2 aliphatic heterocycles. The van der Waals surface area contributed by atoms with E-state index in [1.54, 1.807) is 16.2 Å². The molecule has 0 aliphatic carbocycles. The number of alkyl halides is 3. The minimum atomic E-state index is -4.55. The molecule has 1 amide bonds. The molecule has 14 heteroatoms. The number of carbonyl (C=O) groups excluding carboxylic acids is 1. The zero-order valence-electron chi connectivity index (χ0n) is 22.5. The van der Waals surface area contributed by atoms with Crippen LogP contribution in [0.3, 0.4) is 0 Å². The maximum atomic E-state index is 13.3. The monoisotopic (exact) mass is 566 g/mol. The molecule has 0 bridgehead atoms. The summed E-state index contributed by atoms with van der Waals surface area (Å²) in [5.74, 6) is 0.637. The lowest BCUT2D eigenvalue weighted by Crippen LogP contribution is -2.36. The van der Waals surface area contributed by atoms with E-state index in [4.69, 9.17) is 14.7 Å². The van der Waals surface area contributed by atoms with Crippen molar-refractivity contribution in [3.8, 4) is 0 Å². The first kappa shape index (κ1) is 27.4. The van der Waals surface area contributed by atoms with Gasteiger partial charge in [-0.25, -0.2) is 9.78 Å². The summed E-state index contributed by atoms with van der Waals surface area (Å²) < 4.78 is 46.6. The molecule has 212 valence electrons. The van der Waals surface area contributed by atoms with Gasteiger partial charge >= 0.3 is 12.3 Å². The number of anilines is 2. The lowest BCUT2D eigenvalue weighted by molar-refractivity contribution is -0.147. The van der Waals surface area contributed by atoms with Crippen molar-refractivity contribution in [2.24, 2.45) is 5.92 Å². The van der Waals surface area contributed by atoms with E-state index < -0.39 is 17.6 Å². The number of hydrogen-bond donors (Lipinski definition) is 1. The van der Waals surface area contributed by atoms with Crippen LogP contribution in [-0.4, -0.2) is 67.5 Å². The normalized spacial score (nSPS) is 18.1. The highest BCUT2D eigenvalue weighted by molar-refractivity contribution is 7.18. The van der Waals surface area contributed by atoms with E-state index in [2.05, 4.69) is 28.5 Å². The molecule has 2 aliphatic rings. The number of thiophene rings is 1. The molecule has 1 unspecified atom stereocenters. The molecule has 5 rings (SSSR count). The van der Waals surface area contributed by atoms with Gasteiger partial charge in [0.15, 0.2) is 5.82 Å². The van der Waals surface area contributed by atoms with Gasteiger partial charge in [0.2, 0.25) is 11.8 Å². The second-order valence-electron chi connectivity index (χ2n) is 11.0. The van der Waals surface area contributed by atoms with Crippen molar-refractivity contribution in [3.05, 3.63) is 22.6 Å². The fourth-order valence-corrected chi connectivity index (χ4v) is 6.05. The summed E-state index contributed by atoms with van der Waals surface area (Å²) in [4.78, 5) is 27.7. The highest BCUT2D eigenvalue weighted by Crippen LogP contribution is 2.35. The van der Waals surface area contributed by atoms with Crippen LogP contribution in [0.5, 0.6) is 0 Å². The number of likely N-dealkylation sites (tertiary alicyclic amines) is 1. The molecule has 0 spiro atoms. The van der Waals surface area contributed by atoms with E-state index in [1.165, 1.54) is 4.88 Å². The lowest BCUT2D eigenvalue weighted by atomic mass is 10.1. The molecule has 10 nitrogen and oxygen atoms in total. The summed E-state index contributed by atoms with van der Waals surface area (Å²) in [6.07, 6.45) is -2.12. The molecule has 5 heterocycles. The molecule has 1 N–H and O–H groups in total. The van der Waals surface area contributed by atoms with Crippen LogP contribution < -0.4 is 10.2 Å². The molecular formula is C25H33F3N8O2S. The van der Waals surface area contributed by atoms with Gasteiger partial charge in [-0.2, -0.15) is 18.2 Å². The van der Waals surface area contributed by atoms with Gasteiger partial charge in [0, 0.05) is 37.6 Å². The topological polar surface area (TPSA) is 101 Å². The predicted molar refractivity (Wildman–Crippen MR) is 142 cm³/mol. The number of aromatic nitrogens is 5. The summed E-state index contributed by atoms with van der Waals surface area (Å²) in [6.45, 7) is 10.1. The third-order valence-corrected chi connectivity index (χ3v) is 7.80. The second-order valence-corrected chi connectivity index (χ2v) is 12.1. The summed E-state index contributed by atoms with van der Waals surface area (Å²) in [5.41, 5.74) is -0.541. The summed E-state index contributed by atoms with van der Waals surface area (Å²) in [5, 5.41) is 11.5. The SMILES string of the molecule is CCCc1cc2c(N3CCn4c(nnc4C(F)(F)F)C3)nc(NCC3CCN(C(=O)OC(C)(C)C)C3)nc2s1. The number of nitrogens with zero attached hydrogens (tertiary/aromatic N) is 7. The highest BCUT2D eigenvalue weighted by atomic mass is 32.1. The first-order chi connectivity index (χ1) is 18.4. The molecule has 0 saturated carbocycles. The molecule has 0 radical (unpaired) electrons. The summed E-state index contributed by atoms with van der Waals surface area (Å²) >= 11 is 1.61. The van der Waals surface area contributed by atoms with E-state index in [1.807, 2.05) is 25.7 Å². The molecule has 1 fully saturated rings. The number of rotatable bonds is 6. The average Bonchev–Trinajstić information content (AvgIpc) is 3.58. The largest absolute Gasteiger partial charge is 0.451 e. The van der Waals surface area contributed by atoms with Crippen LogP contribution in [0.15, 0.2) is 6.07 Å². The number of ether oxygens (including phenoxy) is 1. The fraction of sp³-hybridized carbons (Fsp3) is 0.640. The van der Waals surface area contributed by atoms with Gasteiger partial charge in [0.25, 0.3) is 0 Å². The number of carbonyl (C=O) groups is 1. The van der Waals surface area contributed by atoms with E-state index in [9.17, 15) is 18.0 Å². The summed E-state index contributed by atoms with van der Waals surface area (Å²) in [7, 11) is 0. The van der Waals surface area contributed by atoms with Gasteiger partial charge in [-0.15, -0.1) is 21.5 Å². The van der Waals surface area contributed by atoms with Gasteiger partial charge in [-0.1, -0.05) is 13.3 Å². The predicted octanol–water partition coefficient (Wildman–Crippen LogP) is 4.94. The van der Waals surface area contributed by atoms with Gasteiger partial charge in [-0.3, -0.25) is 0 Å². The van der Waals surface area contributed by atoms with Gasteiger partial charge in [0.1, 0.15) is 16.2 Å². The Kier molecular flexibility index (Phi) is 7.33. The molecule has 3 aromatic heterocycles.